The normalized spacial score (nSPS) is 27.0. The summed E-state index contributed by atoms with van der Waals surface area (Å²) >= 11 is 0. The van der Waals surface area contributed by atoms with Crippen LogP contribution < -0.4 is 5.73 Å². The van der Waals surface area contributed by atoms with Crippen molar-refractivity contribution in [2.75, 3.05) is 26.2 Å². The van der Waals surface area contributed by atoms with Crippen LogP contribution in [-0.2, 0) is 11.3 Å². The smallest absolute Gasteiger partial charge is 0.227 e. The zero-order valence-electron chi connectivity index (χ0n) is 12.4. The highest BCUT2D eigenvalue weighted by Crippen LogP contribution is 2.26. The molecule has 2 atom stereocenters. The van der Waals surface area contributed by atoms with Crippen LogP contribution in [0.3, 0.4) is 0 Å². The molecule has 5 nitrogen and oxygen atoms in total. The van der Waals surface area contributed by atoms with Crippen molar-refractivity contribution in [2.24, 2.45) is 11.7 Å². The zero-order chi connectivity index (χ0) is 14.7. The number of nitrogens with zero attached hydrogens (tertiary/aromatic N) is 3. The maximum absolute atomic E-state index is 12.5. The number of carbonyl (C=O) groups excluding carboxylic acids is 1. The number of amides is 1. The number of aromatic nitrogens is 1. The third-order valence-corrected chi connectivity index (χ3v) is 4.70. The van der Waals surface area contributed by atoms with E-state index in [1.54, 1.807) is 6.20 Å². The SMILES string of the molecule is NC1CCCC1C(=O)N1CCN(Cc2cccnc2)CC1. The fourth-order valence-electron chi connectivity index (χ4n) is 3.41. The van der Waals surface area contributed by atoms with Gasteiger partial charge in [0, 0.05) is 51.2 Å². The summed E-state index contributed by atoms with van der Waals surface area (Å²) in [6.45, 7) is 4.43. The highest BCUT2D eigenvalue weighted by molar-refractivity contribution is 5.80. The van der Waals surface area contributed by atoms with Crippen molar-refractivity contribution in [2.45, 2.75) is 31.8 Å². The van der Waals surface area contributed by atoms with Gasteiger partial charge in [-0.15, -0.1) is 0 Å². The van der Waals surface area contributed by atoms with Crippen molar-refractivity contribution < 1.29 is 4.79 Å². The molecule has 1 saturated carbocycles. The quantitative estimate of drug-likeness (QED) is 0.896. The summed E-state index contributed by atoms with van der Waals surface area (Å²) in [6.07, 6.45) is 6.77. The molecule has 1 aliphatic carbocycles. The molecule has 1 aromatic rings. The van der Waals surface area contributed by atoms with E-state index in [-0.39, 0.29) is 17.9 Å². The van der Waals surface area contributed by atoms with E-state index in [1.807, 2.05) is 17.2 Å². The molecule has 3 rings (SSSR count). The number of hydrogen-bond acceptors (Lipinski definition) is 4. The summed E-state index contributed by atoms with van der Waals surface area (Å²) in [5.74, 6) is 0.343. The van der Waals surface area contributed by atoms with Crippen molar-refractivity contribution in [3.63, 3.8) is 0 Å². The van der Waals surface area contributed by atoms with Crippen LogP contribution in [0.4, 0.5) is 0 Å². The van der Waals surface area contributed by atoms with Crippen LogP contribution in [-0.4, -0.2) is 52.9 Å². The van der Waals surface area contributed by atoms with E-state index in [0.29, 0.717) is 0 Å². The van der Waals surface area contributed by atoms with E-state index in [1.165, 1.54) is 5.56 Å². The summed E-state index contributed by atoms with van der Waals surface area (Å²) in [6, 6.07) is 4.14. The maximum atomic E-state index is 12.5. The Hall–Kier alpha value is -1.46. The van der Waals surface area contributed by atoms with E-state index in [0.717, 1.165) is 52.0 Å². The molecule has 1 aliphatic heterocycles. The minimum Gasteiger partial charge on any atom is -0.340 e. The summed E-state index contributed by atoms with van der Waals surface area (Å²) in [5.41, 5.74) is 7.28. The van der Waals surface area contributed by atoms with Gasteiger partial charge in [0.1, 0.15) is 0 Å². The monoisotopic (exact) mass is 288 g/mol. The average molecular weight is 288 g/mol. The number of nitrogens with two attached hydrogens (primary N) is 1. The van der Waals surface area contributed by atoms with Gasteiger partial charge in [0.15, 0.2) is 0 Å². The topological polar surface area (TPSA) is 62.5 Å². The molecule has 114 valence electrons. The number of rotatable bonds is 3. The van der Waals surface area contributed by atoms with Gasteiger partial charge in [-0.3, -0.25) is 14.7 Å². The van der Waals surface area contributed by atoms with Gasteiger partial charge in [-0.1, -0.05) is 12.5 Å². The first-order valence-corrected chi connectivity index (χ1v) is 7.89. The van der Waals surface area contributed by atoms with Gasteiger partial charge in [-0.2, -0.15) is 0 Å². The summed E-state index contributed by atoms with van der Waals surface area (Å²) in [7, 11) is 0. The van der Waals surface area contributed by atoms with Crippen molar-refractivity contribution in [1.82, 2.24) is 14.8 Å². The number of hydrogen-bond donors (Lipinski definition) is 1. The van der Waals surface area contributed by atoms with Crippen molar-refractivity contribution in [3.05, 3.63) is 30.1 Å². The third kappa shape index (κ3) is 3.41. The van der Waals surface area contributed by atoms with Crippen LogP contribution in [0.2, 0.25) is 0 Å². The van der Waals surface area contributed by atoms with Crippen LogP contribution in [0.1, 0.15) is 24.8 Å². The Kier molecular flexibility index (Phi) is 4.51. The lowest BCUT2D eigenvalue weighted by molar-refractivity contribution is -0.137. The van der Waals surface area contributed by atoms with Crippen LogP contribution in [0.15, 0.2) is 24.5 Å². The molecule has 1 saturated heterocycles. The Morgan fingerprint density at radius 2 is 2.10 bits per heavy atom. The standard InChI is InChI=1S/C16H24N4O/c17-15-5-1-4-14(15)16(21)20-9-7-19(8-10-20)12-13-3-2-6-18-11-13/h2-3,6,11,14-15H,1,4-5,7-10,12,17H2. The lowest BCUT2D eigenvalue weighted by Gasteiger charge is -2.36. The van der Waals surface area contributed by atoms with Gasteiger partial charge in [-0.05, 0) is 24.5 Å². The molecule has 5 heteroatoms. The Labute approximate surface area is 126 Å². The minimum absolute atomic E-state index is 0.0647. The second kappa shape index (κ2) is 6.54. The molecule has 2 fully saturated rings. The summed E-state index contributed by atoms with van der Waals surface area (Å²) in [5, 5.41) is 0. The van der Waals surface area contributed by atoms with Crippen LogP contribution >= 0.6 is 0 Å². The molecule has 1 amide bonds. The summed E-state index contributed by atoms with van der Waals surface area (Å²) < 4.78 is 0. The highest BCUT2D eigenvalue weighted by Gasteiger charge is 2.34. The van der Waals surface area contributed by atoms with E-state index in [2.05, 4.69) is 16.0 Å². The Bertz CT molecular complexity index is 470. The van der Waals surface area contributed by atoms with E-state index >= 15 is 0 Å². The predicted molar refractivity (Wildman–Crippen MR) is 81.4 cm³/mol. The molecule has 0 radical (unpaired) electrons. The molecule has 1 aromatic heterocycles. The Morgan fingerprint density at radius 1 is 1.29 bits per heavy atom. The molecule has 21 heavy (non-hydrogen) atoms. The van der Waals surface area contributed by atoms with Gasteiger partial charge in [0.25, 0.3) is 0 Å². The molecule has 0 spiro atoms. The second-order valence-corrected chi connectivity index (χ2v) is 6.16. The second-order valence-electron chi connectivity index (χ2n) is 6.16. The van der Waals surface area contributed by atoms with E-state index in [9.17, 15) is 4.79 Å². The highest BCUT2D eigenvalue weighted by atomic mass is 16.2. The maximum Gasteiger partial charge on any atom is 0.227 e. The fourth-order valence-corrected chi connectivity index (χ4v) is 3.41. The van der Waals surface area contributed by atoms with E-state index in [4.69, 9.17) is 5.73 Å². The average Bonchev–Trinajstić information content (AvgIpc) is 2.94. The third-order valence-electron chi connectivity index (χ3n) is 4.70. The van der Waals surface area contributed by atoms with Gasteiger partial charge in [0.2, 0.25) is 5.91 Å². The van der Waals surface area contributed by atoms with Crippen LogP contribution in [0, 0.1) is 5.92 Å². The number of pyridine rings is 1. The molecule has 0 bridgehead atoms. The van der Waals surface area contributed by atoms with Crippen molar-refractivity contribution in [1.29, 1.82) is 0 Å². The Morgan fingerprint density at radius 3 is 2.71 bits per heavy atom. The molecular formula is C16H24N4O. The lowest BCUT2D eigenvalue weighted by Crippen LogP contribution is -2.51. The first-order valence-electron chi connectivity index (χ1n) is 7.89. The number of carbonyl (C=O) groups is 1. The van der Waals surface area contributed by atoms with Gasteiger partial charge in [-0.25, -0.2) is 0 Å². The summed E-state index contributed by atoms with van der Waals surface area (Å²) in [4.78, 5) is 21.0. The van der Waals surface area contributed by atoms with Crippen molar-refractivity contribution >= 4 is 5.91 Å². The molecule has 2 N–H and O–H groups in total. The molecule has 2 heterocycles. The van der Waals surface area contributed by atoms with Crippen LogP contribution in [0.5, 0.6) is 0 Å². The van der Waals surface area contributed by atoms with E-state index < -0.39 is 0 Å². The minimum atomic E-state index is 0.0647. The van der Waals surface area contributed by atoms with Crippen molar-refractivity contribution in [3.8, 4) is 0 Å². The molecule has 0 aromatic carbocycles. The molecule has 2 unspecified atom stereocenters. The predicted octanol–water partition coefficient (Wildman–Crippen LogP) is 0.853. The number of piperazine rings is 1. The molecule has 2 aliphatic rings. The van der Waals surface area contributed by atoms with Gasteiger partial charge in [0.05, 0.1) is 5.92 Å². The Balaban J connectivity index is 1.50. The lowest BCUT2D eigenvalue weighted by atomic mass is 10.0. The van der Waals surface area contributed by atoms with Crippen LogP contribution in [0.25, 0.3) is 0 Å². The fraction of sp³-hybridized carbons (Fsp3) is 0.625. The largest absolute Gasteiger partial charge is 0.340 e. The molecular weight excluding hydrogens is 264 g/mol. The van der Waals surface area contributed by atoms with Gasteiger partial charge < -0.3 is 10.6 Å². The first kappa shape index (κ1) is 14.5. The zero-order valence-corrected chi connectivity index (χ0v) is 12.4. The van der Waals surface area contributed by atoms with Gasteiger partial charge >= 0.3 is 0 Å². The first-order chi connectivity index (χ1) is 10.2.